The average molecular weight is 196 g/mol. The molecular formula is C8H16N6. The minimum atomic E-state index is 0.340. The van der Waals surface area contributed by atoms with Crippen molar-refractivity contribution < 1.29 is 0 Å². The Hall–Kier alpha value is -1.01. The molecule has 14 heavy (non-hydrogen) atoms. The van der Waals surface area contributed by atoms with Gasteiger partial charge in [-0.1, -0.05) is 0 Å². The number of hydrogen-bond donors (Lipinski definition) is 1. The fraction of sp³-hybridized carbons (Fsp3) is 0.875. The molecule has 0 saturated carbocycles. The van der Waals surface area contributed by atoms with Crippen molar-refractivity contribution in [3.05, 3.63) is 6.33 Å². The molecule has 2 N–H and O–H groups in total. The van der Waals surface area contributed by atoms with E-state index < -0.39 is 0 Å². The normalized spacial score (nSPS) is 23.9. The quantitative estimate of drug-likeness (QED) is 0.678. The third kappa shape index (κ3) is 2.49. The molecule has 1 saturated heterocycles. The summed E-state index contributed by atoms with van der Waals surface area (Å²) < 4.78 is 0. The number of likely N-dealkylation sites (tertiary alicyclic amines) is 1. The maximum Gasteiger partial charge on any atom is 0.162 e. The zero-order chi connectivity index (χ0) is 9.80. The SMILES string of the molecule is NC1CCCN(CCn2ncnn2)C1. The predicted molar refractivity (Wildman–Crippen MR) is 51.5 cm³/mol. The third-order valence-corrected chi connectivity index (χ3v) is 2.55. The van der Waals surface area contributed by atoms with Crippen molar-refractivity contribution in [1.82, 2.24) is 25.1 Å². The molecule has 0 spiro atoms. The van der Waals surface area contributed by atoms with Crippen molar-refractivity contribution >= 4 is 0 Å². The summed E-state index contributed by atoms with van der Waals surface area (Å²) in [7, 11) is 0. The first-order valence-electron chi connectivity index (χ1n) is 5.03. The molecule has 0 aromatic carbocycles. The van der Waals surface area contributed by atoms with Gasteiger partial charge in [-0.05, 0) is 24.6 Å². The van der Waals surface area contributed by atoms with E-state index in [4.69, 9.17) is 5.73 Å². The number of nitrogens with two attached hydrogens (primary N) is 1. The van der Waals surface area contributed by atoms with Gasteiger partial charge in [0.1, 0.15) is 0 Å². The zero-order valence-electron chi connectivity index (χ0n) is 8.21. The lowest BCUT2D eigenvalue weighted by atomic mass is 10.1. The Kier molecular flexibility index (Phi) is 3.05. The number of hydrogen-bond acceptors (Lipinski definition) is 5. The van der Waals surface area contributed by atoms with Gasteiger partial charge in [0, 0.05) is 19.1 Å². The predicted octanol–water partition coefficient (Wildman–Crippen LogP) is -0.904. The van der Waals surface area contributed by atoms with Crippen molar-refractivity contribution in [3.63, 3.8) is 0 Å². The molecule has 1 aromatic rings. The molecular weight excluding hydrogens is 180 g/mol. The Morgan fingerprint density at radius 3 is 3.07 bits per heavy atom. The van der Waals surface area contributed by atoms with E-state index in [0.717, 1.165) is 32.6 Å². The summed E-state index contributed by atoms with van der Waals surface area (Å²) in [5.74, 6) is 0. The maximum absolute atomic E-state index is 5.88. The van der Waals surface area contributed by atoms with Crippen LogP contribution >= 0.6 is 0 Å². The van der Waals surface area contributed by atoms with E-state index >= 15 is 0 Å². The van der Waals surface area contributed by atoms with Crippen LogP contribution in [-0.2, 0) is 6.54 Å². The minimum Gasteiger partial charge on any atom is -0.327 e. The van der Waals surface area contributed by atoms with Crippen molar-refractivity contribution in [2.24, 2.45) is 5.73 Å². The molecule has 2 rings (SSSR count). The summed E-state index contributed by atoms with van der Waals surface area (Å²) in [6.07, 6.45) is 3.81. The highest BCUT2D eigenvalue weighted by atomic mass is 15.6. The van der Waals surface area contributed by atoms with E-state index in [0.29, 0.717) is 6.04 Å². The smallest absolute Gasteiger partial charge is 0.162 e. The molecule has 6 heteroatoms. The van der Waals surface area contributed by atoms with Crippen LogP contribution in [0.25, 0.3) is 0 Å². The number of rotatable bonds is 3. The highest BCUT2D eigenvalue weighted by Gasteiger charge is 2.15. The summed E-state index contributed by atoms with van der Waals surface area (Å²) >= 11 is 0. The monoisotopic (exact) mass is 196 g/mol. The second-order valence-electron chi connectivity index (χ2n) is 3.73. The summed E-state index contributed by atoms with van der Waals surface area (Å²) in [5, 5.41) is 11.4. The topological polar surface area (TPSA) is 72.9 Å². The fourth-order valence-electron chi connectivity index (χ4n) is 1.82. The van der Waals surface area contributed by atoms with Gasteiger partial charge in [0.25, 0.3) is 0 Å². The highest BCUT2D eigenvalue weighted by Crippen LogP contribution is 2.07. The van der Waals surface area contributed by atoms with Crippen LogP contribution in [0.3, 0.4) is 0 Å². The summed E-state index contributed by atoms with van der Waals surface area (Å²) in [4.78, 5) is 3.97. The highest BCUT2D eigenvalue weighted by molar-refractivity contribution is 4.74. The second-order valence-corrected chi connectivity index (χ2v) is 3.73. The van der Waals surface area contributed by atoms with Crippen molar-refractivity contribution in [2.45, 2.75) is 25.4 Å². The van der Waals surface area contributed by atoms with Crippen LogP contribution in [0.1, 0.15) is 12.8 Å². The molecule has 0 aliphatic carbocycles. The van der Waals surface area contributed by atoms with Crippen molar-refractivity contribution in [2.75, 3.05) is 19.6 Å². The van der Waals surface area contributed by atoms with Gasteiger partial charge in [-0.25, -0.2) is 0 Å². The maximum atomic E-state index is 5.88. The van der Waals surface area contributed by atoms with Gasteiger partial charge < -0.3 is 5.73 Å². The van der Waals surface area contributed by atoms with Gasteiger partial charge in [-0.15, -0.1) is 10.2 Å². The van der Waals surface area contributed by atoms with Crippen LogP contribution in [0.2, 0.25) is 0 Å². The van der Waals surface area contributed by atoms with Gasteiger partial charge in [-0.2, -0.15) is 4.80 Å². The summed E-state index contributed by atoms with van der Waals surface area (Å²) in [6, 6.07) is 0.340. The summed E-state index contributed by atoms with van der Waals surface area (Å²) in [5.41, 5.74) is 5.88. The van der Waals surface area contributed by atoms with Gasteiger partial charge in [0.2, 0.25) is 0 Å². The zero-order valence-corrected chi connectivity index (χ0v) is 8.21. The van der Waals surface area contributed by atoms with Crippen molar-refractivity contribution in [3.8, 4) is 0 Å². The Bertz CT molecular complexity index is 259. The largest absolute Gasteiger partial charge is 0.327 e. The molecule has 1 atom stereocenters. The van der Waals surface area contributed by atoms with E-state index in [1.54, 1.807) is 4.80 Å². The van der Waals surface area contributed by atoms with Crippen LogP contribution in [0.15, 0.2) is 6.33 Å². The first-order valence-corrected chi connectivity index (χ1v) is 5.03. The molecule has 1 fully saturated rings. The Morgan fingerprint density at radius 1 is 1.43 bits per heavy atom. The van der Waals surface area contributed by atoms with Crippen LogP contribution in [0, 0.1) is 0 Å². The van der Waals surface area contributed by atoms with E-state index in [-0.39, 0.29) is 0 Å². The average Bonchev–Trinajstić information content (AvgIpc) is 2.67. The first kappa shape index (κ1) is 9.54. The van der Waals surface area contributed by atoms with Crippen molar-refractivity contribution in [1.29, 1.82) is 0 Å². The Morgan fingerprint density at radius 2 is 2.36 bits per heavy atom. The minimum absolute atomic E-state index is 0.340. The third-order valence-electron chi connectivity index (χ3n) is 2.55. The number of piperidine rings is 1. The molecule has 1 unspecified atom stereocenters. The Labute approximate surface area is 83.1 Å². The van der Waals surface area contributed by atoms with E-state index in [1.807, 2.05) is 0 Å². The molecule has 6 nitrogen and oxygen atoms in total. The van der Waals surface area contributed by atoms with Gasteiger partial charge >= 0.3 is 0 Å². The fourth-order valence-corrected chi connectivity index (χ4v) is 1.82. The summed E-state index contributed by atoms with van der Waals surface area (Å²) in [6.45, 7) is 3.90. The number of aromatic nitrogens is 4. The van der Waals surface area contributed by atoms with Crippen LogP contribution in [0.4, 0.5) is 0 Å². The molecule has 0 radical (unpaired) electrons. The van der Waals surface area contributed by atoms with E-state index in [2.05, 4.69) is 20.3 Å². The second kappa shape index (κ2) is 4.47. The molecule has 1 aliphatic heterocycles. The van der Waals surface area contributed by atoms with E-state index in [9.17, 15) is 0 Å². The lowest BCUT2D eigenvalue weighted by Gasteiger charge is -2.30. The lowest BCUT2D eigenvalue weighted by molar-refractivity contribution is 0.196. The number of nitrogens with zero attached hydrogens (tertiary/aromatic N) is 5. The Balaban J connectivity index is 1.75. The first-order chi connectivity index (χ1) is 6.84. The number of tetrazole rings is 1. The van der Waals surface area contributed by atoms with E-state index in [1.165, 1.54) is 12.7 Å². The molecule has 0 bridgehead atoms. The molecule has 78 valence electrons. The lowest BCUT2D eigenvalue weighted by Crippen LogP contribution is -2.44. The molecule has 0 amide bonds. The van der Waals surface area contributed by atoms with Crippen LogP contribution < -0.4 is 5.73 Å². The van der Waals surface area contributed by atoms with Gasteiger partial charge in [0.05, 0.1) is 6.54 Å². The molecule has 1 aliphatic rings. The standard InChI is InChI=1S/C8H16N6/c9-8-2-1-3-13(6-8)4-5-14-11-7-10-12-14/h7-8H,1-6,9H2. The van der Waals surface area contributed by atoms with Gasteiger partial charge in [-0.3, -0.25) is 4.90 Å². The molecule has 1 aromatic heterocycles. The van der Waals surface area contributed by atoms with Crippen LogP contribution in [-0.4, -0.2) is 50.8 Å². The molecule has 2 heterocycles. The van der Waals surface area contributed by atoms with Crippen LogP contribution in [0.5, 0.6) is 0 Å². The van der Waals surface area contributed by atoms with Gasteiger partial charge in [0.15, 0.2) is 6.33 Å².